The average Bonchev–Trinajstić information content (AvgIpc) is 2.60. The fourth-order valence-electron chi connectivity index (χ4n) is 2.45. The topological polar surface area (TPSA) is 78.5 Å². The van der Waals surface area contributed by atoms with E-state index in [1.807, 2.05) is 19.0 Å². The maximum atomic E-state index is 13.7. The Morgan fingerprint density at radius 1 is 1.15 bits per heavy atom. The highest BCUT2D eigenvalue weighted by Gasteiger charge is 2.19. The molecule has 0 aliphatic rings. The fourth-order valence-corrected chi connectivity index (χ4v) is 3.55. The van der Waals surface area contributed by atoms with Gasteiger partial charge in [-0.2, -0.15) is 0 Å². The van der Waals surface area contributed by atoms with Crippen LogP contribution in [0.25, 0.3) is 0 Å². The normalized spacial score (nSPS) is 11.4. The van der Waals surface area contributed by atoms with E-state index in [-0.39, 0.29) is 22.1 Å². The number of para-hydroxylation sites is 1. The lowest BCUT2D eigenvalue weighted by Crippen LogP contribution is -2.28. The third kappa shape index (κ3) is 5.77. The van der Waals surface area contributed by atoms with Crippen LogP contribution in [-0.4, -0.2) is 46.4 Å². The monoisotopic (exact) mass is 393 g/mol. The molecular formula is C19H24FN3O3S. The van der Waals surface area contributed by atoms with Gasteiger partial charge < -0.3 is 10.2 Å². The fraction of sp³-hybridized carbons (Fsp3) is 0.316. The lowest BCUT2D eigenvalue weighted by Gasteiger charge is -2.13. The molecular weight excluding hydrogens is 369 g/mol. The summed E-state index contributed by atoms with van der Waals surface area (Å²) in [5, 5.41) is 2.79. The number of carbonyl (C=O) groups is 1. The first-order valence-electron chi connectivity index (χ1n) is 8.51. The number of anilines is 1. The minimum atomic E-state index is -4.02. The lowest BCUT2D eigenvalue weighted by atomic mass is 10.1. The van der Waals surface area contributed by atoms with Gasteiger partial charge >= 0.3 is 0 Å². The Kier molecular flexibility index (Phi) is 6.92. The number of amides is 1. The van der Waals surface area contributed by atoms with Gasteiger partial charge in [0, 0.05) is 12.1 Å². The highest BCUT2D eigenvalue weighted by atomic mass is 32.2. The second-order valence-electron chi connectivity index (χ2n) is 6.47. The van der Waals surface area contributed by atoms with E-state index in [4.69, 9.17) is 0 Å². The van der Waals surface area contributed by atoms with Crippen molar-refractivity contribution >= 4 is 21.6 Å². The first kappa shape index (κ1) is 20.9. The molecule has 8 heteroatoms. The summed E-state index contributed by atoms with van der Waals surface area (Å²) in [6.45, 7) is 3.05. The molecule has 2 N–H and O–H groups in total. The van der Waals surface area contributed by atoms with Crippen molar-refractivity contribution in [1.82, 2.24) is 10.2 Å². The van der Waals surface area contributed by atoms with Gasteiger partial charge in [0.05, 0.1) is 10.6 Å². The SMILES string of the molecule is Cc1ccc(S(=O)(=O)Nc2ccccc2F)cc1C(=O)NCCCN(C)C. The van der Waals surface area contributed by atoms with Gasteiger partial charge in [0.25, 0.3) is 15.9 Å². The molecule has 146 valence electrons. The van der Waals surface area contributed by atoms with E-state index in [9.17, 15) is 17.6 Å². The molecule has 27 heavy (non-hydrogen) atoms. The van der Waals surface area contributed by atoms with Crippen LogP contribution in [0.15, 0.2) is 47.4 Å². The summed E-state index contributed by atoms with van der Waals surface area (Å²) < 4.78 is 41.1. The van der Waals surface area contributed by atoms with E-state index in [2.05, 4.69) is 10.0 Å². The summed E-state index contributed by atoms with van der Waals surface area (Å²) in [7, 11) is -0.127. The van der Waals surface area contributed by atoms with Gasteiger partial charge in [-0.1, -0.05) is 18.2 Å². The number of aryl methyl sites for hydroxylation is 1. The molecule has 2 aromatic rings. The molecule has 0 bridgehead atoms. The van der Waals surface area contributed by atoms with Gasteiger partial charge in [0.15, 0.2) is 0 Å². The van der Waals surface area contributed by atoms with Crippen LogP contribution in [0.3, 0.4) is 0 Å². The molecule has 0 atom stereocenters. The summed E-state index contributed by atoms with van der Waals surface area (Å²) in [6.07, 6.45) is 0.782. The quantitative estimate of drug-likeness (QED) is 0.676. The van der Waals surface area contributed by atoms with Gasteiger partial charge in [-0.15, -0.1) is 0 Å². The Bertz CT molecular complexity index is 914. The van der Waals surface area contributed by atoms with Crippen LogP contribution in [-0.2, 0) is 10.0 Å². The van der Waals surface area contributed by atoms with Crippen molar-refractivity contribution in [2.45, 2.75) is 18.2 Å². The summed E-state index contributed by atoms with van der Waals surface area (Å²) in [5.41, 5.74) is 0.786. The van der Waals surface area contributed by atoms with E-state index >= 15 is 0 Å². The Hall–Kier alpha value is -2.45. The maximum absolute atomic E-state index is 13.7. The number of benzene rings is 2. The number of rotatable bonds is 8. The van der Waals surface area contributed by atoms with Gasteiger partial charge in [-0.05, 0) is 63.8 Å². The predicted octanol–water partition coefficient (Wildman–Crippen LogP) is 2.62. The van der Waals surface area contributed by atoms with Crippen LogP contribution in [0.2, 0.25) is 0 Å². The molecule has 0 saturated carbocycles. The highest BCUT2D eigenvalue weighted by molar-refractivity contribution is 7.92. The number of hydrogen-bond acceptors (Lipinski definition) is 4. The van der Waals surface area contributed by atoms with Crippen LogP contribution in [0.5, 0.6) is 0 Å². The minimum Gasteiger partial charge on any atom is -0.352 e. The number of nitrogens with zero attached hydrogens (tertiary/aromatic N) is 1. The Labute approximate surface area is 159 Å². The number of nitrogens with one attached hydrogen (secondary N) is 2. The van der Waals surface area contributed by atoms with Crippen molar-refractivity contribution in [3.63, 3.8) is 0 Å². The van der Waals surface area contributed by atoms with Gasteiger partial charge in [-0.3, -0.25) is 9.52 Å². The van der Waals surface area contributed by atoms with Crippen LogP contribution in [0.4, 0.5) is 10.1 Å². The summed E-state index contributed by atoms with van der Waals surface area (Å²) in [4.78, 5) is 14.3. The summed E-state index contributed by atoms with van der Waals surface area (Å²) in [6, 6.07) is 9.76. The largest absolute Gasteiger partial charge is 0.352 e. The number of sulfonamides is 1. The molecule has 0 aliphatic heterocycles. The van der Waals surface area contributed by atoms with E-state index in [0.29, 0.717) is 12.1 Å². The zero-order valence-electron chi connectivity index (χ0n) is 15.6. The van der Waals surface area contributed by atoms with Crippen molar-refractivity contribution < 1.29 is 17.6 Å². The van der Waals surface area contributed by atoms with Crippen LogP contribution in [0.1, 0.15) is 22.3 Å². The summed E-state index contributed by atoms with van der Waals surface area (Å²) in [5.74, 6) is -1.01. The third-order valence-corrected chi connectivity index (χ3v) is 5.31. The van der Waals surface area contributed by atoms with E-state index in [1.165, 1.54) is 36.4 Å². The standard InChI is InChI=1S/C19H24FN3O3S/c1-14-9-10-15(13-16(14)19(24)21-11-6-12-23(2)3)27(25,26)22-18-8-5-4-7-17(18)20/h4-5,7-10,13,22H,6,11-12H2,1-3H3,(H,21,24). The molecule has 0 unspecified atom stereocenters. The van der Waals surface area contributed by atoms with Crippen molar-refractivity contribution in [3.05, 3.63) is 59.4 Å². The Morgan fingerprint density at radius 2 is 1.85 bits per heavy atom. The third-order valence-electron chi connectivity index (χ3n) is 3.95. The van der Waals surface area contributed by atoms with Crippen LogP contribution < -0.4 is 10.0 Å². The molecule has 2 aromatic carbocycles. The molecule has 0 fully saturated rings. The molecule has 6 nitrogen and oxygen atoms in total. The van der Waals surface area contributed by atoms with Crippen molar-refractivity contribution in [3.8, 4) is 0 Å². The molecule has 0 aliphatic carbocycles. The molecule has 0 radical (unpaired) electrons. The van der Waals surface area contributed by atoms with E-state index in [1.54, 1.807) is 13.0 Å². The molecule has 0 saturated heterocycles. The lowest BCUT2D eigenvalue weighted by molar-refractivity contribution is 0.0951. The maximum Gasteiger partial charge on any atom is 0.262 e. The molecule has 0 spiro atoms. The minimum absolute atomic E-state index is 0.102. The predicted molar refractivity (Wildman–Crippen MR) is 104 cm³/mol. The van der Waals surface area contributed by atoms with Gasteiger partial charge in [-0.25, -0.2) is 12.8 Å². The second kappa shape index (κ2) is 8.96. The Balaban J connectivity index is 2.18. The van der Waals surface area contributed by atoms with Crippen LogP contribution in [0, 0.1) is 12.7 Å². The van der Waals surface area contributed by atoms with Crippen molar-refractivity contribution in [2.75, 3.05) is 31.9 Å². The number of halogens is 1. The first-order valence-corrected chi connectivity index (χ1v) is 10.00. The molecule has 0 heterocycles. The zero-order valence-corrected chi connectivity index (χ0v) is 16.4. The van der Waals surface area contributed by atoms with Crippen LogP contribution >= 0.6 is 0 Å². The van der Waals surface area contributed by atoms with Crippen molar-refractivity contribution in [1.29, 1.82) is 0 Å². The highest BCUT2D eigenvalue weighted by Crippen LogP contribution is 2.21. The van der Waals surface area contributed by atoms with Gasteiger partial charge in [0.1, 0.15) is 5.82 Å². The Morgan fingerprint density at radius 3 is 2.52 bits per heavy atom. The number of hydrogen-bond donors (Lipinski definition) is 2. The smallest absolute Gasteiger partial charge is 0.262 e. The molecule has 2 rings (SSSR count). The van der Waals surface area contributed by atoms with E-state index < -0.39 is 15.8 Å². The molecule has 1 amide bonds. The first-order chi connectivity index (χ1) is 12.7. The zero-order chi connectivity index (χ0) is 20.0. The molecule has 0 aromatic heterocycles. The van der Waals surface area contributed by atoms with Crippen molar-refractivity contribution in [2.24, 2.45) is 0 Å². The van der Waals surface area contributed by atoms with E-state index in [0.717, 1.165) is 13.0 Å². The van der Waals surface area contributed by atoms with Gasteiger partial charge in [0.2, 0.25) is 0 Å². The average molecular weight is 393 g/mol. The summed E-state index contributed by atoms with van der Waals surface area (Å²) >= 11 is 0. The number of carbonyl (C=O) groups excluding carboxylic acids is 1. The second-order valence-corrected chi connectivity index (χ2v) is 8.16.